The molecule has 2 heterocycles. The number of carbonyl (C=O) groups excluding carboxylic acids is 1. The van der Waals surface area contributed by atoms with Gasteiger partial charge in [0.2, 0.25) is 0 Å². The molecule has 80 valence electrons. The van der Waals surface area contributed by atoms with Gasteiger partial charge in [-0.2, -0.15) is 0 Å². The van der Waals surface area contributed by atoms with Crippen LogP contribution in [0, 0.1) is 0 Å². The van der Waals surface area contributed by atoms with Crippen LogP contribution in [0.2, 0.25) is 0 Å². The van der Waals surface area contributed by atoms with Crippen LogP contribution >= 0.6 is 0 Å². The molecule has 2 fully saturated rings. The number of hydrogen-bond donors (Lipinski definition) is 1. The molecule has 4 heteroatoms. The Hall–Kier alpha value is -0.770. The zero-order valence-corrected chi connectivity index (χ0v) is 8.71. The maximum Gasteiger partial charge on any atom is 0.407 e. The van der Waals surface area contributed by atoms with Crippen LogP contribution in [0.4, 0.5) is 4.79 Å². The van der Waals surface area contributed by atoms with Gasteiger partial charge in [0.15, 0.2) is 0 Å². The lowest BCUT2D eigenvalue weighted by molar-refractivity contribution is 0.0446. The Bertz CT molecular complexity index is 232. The largest absolute Gasteiger partial charge is 0.441 e. The molecule has 2 rings (SSSR count). The van der Waals surface area contributed by atoms with Crippen LogP contribution in [-0.2, 0) is 4.74 Å². The maximum absolute atomic E-state index is 11.0. The molecule has 1 atom stereocenters. The lowest BCUT2D eigenvalue weighted by Crippen LogP contribution is -2.34. The number of nitrogens with one attached hydrogen (secondary N) is 1. The molecule has 2 aliphatic rings. The van der Waals surface area contributed by atoms with Gasteiger partial charge in [0, 0.05) is 13.0 Å². The quantitative estimate of drug-likeness (QED) is 0.682. The second-order valence-electron chi connectivity index (χ2n) is 4.21. The molecule has 1 N–H and O–H groups in total. The predicted octanol–water partition coefficient (Wildman–Crippen LogP) is 0.971. The van der Waals surface area contributed by atoms with Gasteiger partial charge in [-0.25, -0.2) is 4.79 Å². The summed E-state index contributed by atoms with van der Waals surface area (Å²) in [5.41, 5.74) is -0.193. The minimum absolute atomic E-state index is 0.193. The van der Waals surface area contributed by atoms with E-state index < -0.39 is 0 Å². The Morgan fingerprint density at radius 2 is 2.36 bits per heavy atom. The van der Waals surface area contributed by atoms with E-state index in [2.05, 4.69) is 17.1 Å². The highest BCUT2D eigenvalue weighted by molar-refractivity contribution is 5.70. The normalized spacial score (nSPS) is 33.9. The molecule has 0 aromatic carbocycles. The fourth-order valence-corrected chi connectivity index (χ4v) is 2.32. The highest BCUT2D eigenvalue weighted by Crippen LogP contribution is 2.28. The number of amides is 1. The molecule has 1 amide bonds. The van der Waals surface area contributed by atoms with Gasteiger partial charge in [0.1, 0.15) is 5.60 Å². The Balaban J connectivity index is 1.97. The molecule has 0 aromatic rings. The van der Waals surface area contributed by atoms with Gasteiger partial charge in [0.25, 0.3) is 0 Å². The van der Waals surface area contributed by atoms with Crippen molar-refractivity contribution in [1.82, 2.24) is 10.2 Å². The van der Waals surface area contributed by atoms with Gasteiger partial charge in [-0.15, -0.1) is 0 Å². The first-order valence-electron chi connectivity index (χ1n) is 5.43. The van der Waals surface area contributed by atoms with Crippen molar-refractivity contribution in [3.8, 4) is 0 Å². The van der Waals surface area contributed by atoms with Crippen LogP contribution in [0.1, 0.15) is 26.2 Å². The Morgan fingerprint density at radius 3 is 3.00 bits per heavy atom. The van der Waals surface area contributed by atoms with Gasteiger partial charge in [0.05, 0.1) is 6.54 Å². The second kappa shape index (κ2) is 3.77. The molecule has 0 aromatic heterocycles. The molecule has 14 heavy (non-hydrogen) atoms. The van der Waals surface area contributed by atoms with Crippen LogP contribution < -0.4 is 5.32 Å². The molecule has 2 saturated heterocycles. The molecule has 1 spiro atoms. The molecule has 0 bridgehead atoms. The first-order valence-corrected chi connectivity index (χ1v) is 5.43. The summed E-state index contributed by atoms with van der Waals surface area (Å²) in [6.07, 6.45) is 2.86. The van der Waals surface area contributed by atoms with E-state index in [0.717, 1.165) is 38.9 Å². The zero-order valence-electron chi connectivity index (χ0n) is 8.71. The van der Waals surface area contributed by atoms with E-state index >= 15 is 0 Å². The van der Waals surface area contributed by atoms with Crippen molar-refractivity contribution in [2.75, 3.05) is 26.2 Å². The van der Waals surface area contributed by atoms with Crippen LogP contribution in [0.3, 0.4) is 0 Å². The van der Waals surface area contributed by atoms with E-state index in [4.69, 9.17) is 4.74 Å². The fourth-order valence-electron chi connectivity index (χ4n) is 2.32. The predicted molar refractivity (Wildman–Crippen MR) is 53.2 cm³/mol. The van der Waals surface area contributed by atoms with Crippen LogP contribution in [-0.4, -0.2) is 42.8 Å². The number of nitrogens with zero attached hydrogens (tertiary/aromatic N) is 1. The average Bonchev–Trinajstić information content (AvgIpc) is 2.44. The van der Waals surface area contributed by atoms with Crippen molar-refractivity contribution >= 4 is 6.09 Å². The Kier molecular flexibility index (Phi) is 2.63. The molecule has 2 aliphatic heterocycles. The summed E-state index contributed by atoms with van der Waals surface area (Å²) >= 11 is 0. The summed E-state index contributed by atoms with van der Waals surface area (Å²) in [6.45, 7) is 6.15. The van der Waals surface area contributed by atoms with Crippen LogP contribution in [0.15, 0.2) is 0 Å². The fraction of sp³-hybridized carbons (Fsp3) is 0.900. The minimum atomic E-state index is -0.241. The van der Waals surface area contributed by atoms with E-state index in [1.807, 2.05) is 0 Å². The number of carbonyl (C=O) groups is 1. The summed E-state index contributed by atoms with van der Waals surface area (Å²) in [6, 6.07) is 0. The molecule has 0 aliphatic carbocycles. The van der Waals surface area contributed by atoms with Crippen molar-refractivity contribution in [2.24, 2.45) is 0 Å². The summed E-state index contributed by atoms with van der Waals surface area (Å²) < 4.78 is 5.39. The summed E-state index contributed by atoms with van der Waals surface area (Å²) in [5.74, 6) is 0. The van der Waals surface area contributed by atoms with E-state index in [1.165, 1.54) is 0 Å². The Morgan fingerprint density at radius 1 is 1.50 bits per heavy atom. The molecule has 0 radical (unpaired) electrons. The maximum atomic E-state index is 11.0. The number of likely N-dealkylation sites (tertiary alicyclic amines) is 1. The third-order valence-electron chi connectivity index (χ3n) is 3.30. The van der Waals surface area contributed by atoms with E-state index in [0.29, 0.717) is 6.54 Å². The topological polar surface area (TPSA) is 41.6 Å². The van der Waals surface area contributed by atoms with E-state index in [9.17, 15) is 4.79 Å². The highest BCUT2D eigenvalue weighted by atomic mass is 16.6. The second-order valence-corrected chi connectivity index (χ2v) is 4.21. The van der Waals surface area contributed by atoms with Crippen molar-refractivity contribution in [2.45, 2.75) is 31.8 Å². The third-order valence-corrected chi connectivity index (χ3v) is 3.30. The summed E-state index contributed by atoms with van der Waals surface area (Å²) in [5, 5.41) is 2.76. The van der Waals surface area contributed by atoms with Crippen molar-refractivity contribution in [1.29, 1.82) is 0 Å². The number of alkyl carbamates (subject to hydrolysis) is 1. The highest BCUT2D eigenvalue weighted by Gasteiger charge is 2.40. The molecular weight excluding hydrogens is 180 g/mol. The first-order chi connectivity index (χ1) is 6.74. The lowest BCUT2D eigenvalue weighted by Gasteiger charge is -2.24. The molecule has 1 unspecified atom stereocenters. The standard InChI is InChI=1S/C10H18N2O2/c1-2-12-6-3-4-10(5-7-12)8-11-9(13)14-10/h2-8H2,1H3,(H,11,13). The van der Waals surface area contributed by atoms with Gasteiger partial charge in [-0.1, -0.05) is 6.92 Å². The molecule has 4 nitrogen and oxygen atoms in total. The van der Waals surface area contributed by atoms with Gasteiger partial charge in [-0.05, 0) is 25.9 Å². The monoisotopic (exact) mass is 198 g/mol. The summed E-state index contributed by atoms with van der Waals surface area (Å²) in [7, 11) is 0. The third kappa shape index (κ3) is 1.85. The van der Waals surface area contributed by atoms with E-state index in [1.54, 1.807) is 0 Å². The number of rotatable bonds is 1. The average molecular weight is 198 g/mol. The van der Waals surface area contributed by atoms with Crippen molar-refractivity contribution in [3.63, 3.8) is 0 Å². The van der Waals surface area contributed by atoms with Crippen LogP contribution in [0.5, 0.6) is 0 Å². The SMILES string of the molecule is CCN1CCCC2(CC1)CNC(=O)O2. The lowest BCUT2D eigenvalue weighted by atomic mass is 9.95. The summed E-state index contributed by atoms with van der Waals surface area (Å²) in [4.78, 5) is 13.5. The van der Waals surface area contributed by atoms with Crippen molar-refractivity contribution in [3.05, 3.63) is 0 Å². The smallest absolute Gasteiger partial charge is 0.407 e. The van der Waals surface area contributed by atoms with Gasteiger partial charge < -0.3 is 15.0 Å². The van der Waals surface area contributed by atoms with Gasteiger partial charge in [-0.3, -0.25) is 0 Å². The Labute approximate surface area is 84.6 Å². The molecule has 0 saturated carbocycles. The zero-order chi connectivity index (χ0) is 10.0. The minimum Gasteiger partial charge on any atom is -0.441 e. The molecular formula is C10H18N2O2. The first kappa shape index (κ1) is 9.77. The van der Waals surface area contributed by atoms with Crippen LogP contribution in [0.25, 0.3) is 0 Å². The number of ether oxygens (including phenoxy) is 1. The number of hydrogen-bond acceptors (Lipinski definition) is 3. The van der Waals surface area contributed by atoms with E-state index in [-0.39, 0.29) is 11.7 Å². The van der Waals surface area contributed by atoms with Gasteiger partial charge >= 0.3 is 6.09 Å². The van der Waals surface area contributed by atoms with Crippen molar-refractivity contribution < 1.29 is 9.53 Å².